The van der Waals surface area contributed by atoms with Gasteiger partial charge in [0.1, 0.15) is 0 Å². The van der Waals surface area contributed by atoms with Gasteiger partial charge in [-0.05, 0) is 0 Å². The predicted molar refractivity (Wildman–Crippen MR) is 41.9 cm³/mol. The van der Waals surface area contributed by atoms with E-state index in [0.29, 0.717) is 13.1 Å². The van der Waals surface area contributed by atoms with Crippen molar-refractivity contribution < 1.29 is 8.42 Å². The number of sulfone groups is 1. The van der Waals surface area contributed by atoms with Crippen molar-refractivity contribution in [1.82, 2.24) is 10.9 Å². The van der Waals surface area contributed by atoms with Gasteiger partial charge in [-0.2, -0.15) is 0 Å². The molecule has 10 heavy (non-hydrogen) atoms. The lowest BCUT2D eigenvalue weighted by Gasteiger charge is -1.94. The van der Waals surface area contributed by atoms with Crippen LogP contribution in [0.2, 0.25) is 0 Å². The van der Waals surface area contributed by atoms with Crippen molar-refractivity contribution in [3.8, 4) is 0 Å². The molecule has 1 fully saturated rings. The molecule has 4 nitrogen and oxygen atoms in total. The van der Waals surface area contributed by atoms with Crippen molar-refractivity contribution in [3.05, 3.63) is 0 Å². The Morgan fingerprint density at radius 2 is 1.40 bits per heavy atom. The van der Waals surface area contributed by atoms with E-state index in [1.807, 2.05) is 0 Å². The Balaban J connectivity index is 0.000000810. The fourth-order valence-electron chi connectivity index (χ4n) is 0.692. The molecule has 0 amide bonds. The molecule has 0 saturated carbocycles. The van der Waals surface area contributed by atoms with Gasteiger partial charge in [0.15, 0.2) is 9.84 Å². The Kier molecular flexibility index (Phi) is 4.19. The van der Waals surface area contributed by atoms with Crippen LogP contribution in [0.15, 0.2) is 0 Å². The molecule has 1 aliphatic rings. The van der Waals surface area contributed by atoms with Crippen LogP contribution in [-0.4, -0.2) is 33.0 Å². The highest BCUT2D eigenvalue weighted by atomic mass is 35.5. The van der Waals surface area contributed by atoms with E-state index in [9.17, 15) is 8.42 Å². The zero-order valence-corrected chi connectivity index (χ0v) is 7.09. The molecule has 0 aliphatic carbocycles. The number of hydrogen-bond donors (Lipinski definition) is 2. The fourth-order valence-corrected chi connectivity index (χ4v) is 1.72. The van der Waals surface area contributed by atoms with Crippen molar-refractivity contribution in [2.75, 3.05) is 24.6 Å². The van der Waals surface area contributed by atoms with Crippen LogP contribution in [0, 0.1) is 0 Å². The van der Waals surface area contributed by atoms with Gasteiger partial charge in [0.25, 0.3) is 0 Å². The van der Waals surface area contributed by atoms with Crippen molar-refractivity contribution in [2.24, 2.45) is 0 Å². The SMILES string of the molecule is Cl.O=S1(=O)CCNNCC1. The summed E-state index contributed by atoms with van der Waals surface area (Å²) in [7, 11) is -2.74. The smallest absolute Gasteiger partial charge is 0.152 e. The first-order chi connectivity index (χ1) is 4.21. The predicted octanol–water partition coefficient (Wildman–Crippen LogP) is -1.07. The normalized spacial score (nSPS) is 24.4. The third-order valence-electron chi connectivity index (χ3n) is 1.20. The molecule has 0 spiro atoms. The molecule has 0 unspecified atom stereocenters. The summed E-state index contributed by atoms with van der Waals surface area (Å²) < 4.78 is 21.6. The first-order valence-corrected chi connectivity index (χ1v) is 4.69. The van der Waals surface area contributed by atoms with E-state index in [1.165, 1.54) is 0 Å². The average Bonchev–Trinajstić information content (AvgIpc) is 1.92. The van der Waals surface area contributed by atoms with Crippen molar-refractivity contribution in [2.45, 2.75) is 0 Å². The maximum atomic E-state index is 10.8. The number of rotatable bonds is 0. The standard InChI is InChI=1S/C4H10N2O2S.ClH/c7-9(8)3-1-5-6-2-4-9;/h5-6H,1-4H2;1H. The minimum Gasteiger partial charge on any atom is -0.257 e. The van der Waals surface area contributed by atoms with Gasteiger partial charge >= 0.3 is 0 Å². The molecule has 0 atom stereocenters. The maximum Gasteiger partial charge on any atom is 0.152 e. The highest BCUT2D eigenvalue weighted by Crippen LogP contribution is 1.89. The Morgan fingerprint density at radius 3 is 1.80 bits per heavy atom. The van der Waals surface area contributed by atoms with Crippen LogP contribution < -0.4 is 10.9 Å². The second-order valence-corrected chi connectivity index (χ2v) is 4.31. The minimum atomic E-state index is -2.74. The summed E-state index contributed by atoms with van der Waals surface area (Å²) in [6.45, 7) is 1.03. The average molecular weight is 187 g/mol. The zero-order valence-electron chi connectivity index (χ0n) is 5.46. The van der Waals surface area contributed by atoms with E-state index in [-0.39, 0.29) is 23.9 Å². The molecule has 1 saturated heterocycles. The minimum absolute atomic E-state index is 0. The highest BCUT2D eigenvalue weighted by Gasteiger charge is 2.11. The summed E-state index contributed by atoms with van der Waals surface area (Å²) in [5.74, 6) is 0.500. The van der Waals surface area contributed by atoms with Gasteiger partial charge in [-0.15, -0.1) is 12.4 Å². The van der Waals surface area contributed by atoms with Crippen LogP contribution in [0.1, 0.15) is 0 Å². The number of halogens is 1. The molecule has 0 aromatic carbocycles. The van der Waals surface area contributed by atoms with Gasteiger partial charge < -0.3 is 0 Å². The van der Waals surface area contributed by atoms with Crippen LogP contribution in [0.4, 0.5) is 0 Å². The van der Waals surface area contributed by atoms with Crippen molar-refractivity contribution in [3.63, 3.8) is 0 Å². The van der Waals surface area contributed by atoms with E-state index in [1.54, 1.807) is 0 Å². The molecule has 6 heteroatoms. The van der Waals surface area contributed by atoms with Crippen LogP contribution in [0.5, 0.6) is 0 Å². The van der Waals surface area contributed by atoms with Gasteiger partial charge in [-0.25, -0.2) is 8.42 Å². The quantitative estimate of drug-likeness (QED) is 0.506. The molecule has 1 heterocycles. The number of hydrazine groups is 1. The van der Waals surface area contributed by atoms with Crippen LogP contribution in [0.25, 0.3) is 0 Å². The third kappa shape index (κ3) is 3.36. The zero-order chi connectivity index (χ0) is 6.74. The van der Waals surface area contributed by atoms with E-state index in [2.05, 4.69) is 10.9 Å². The van der Waals surface area contributed by atoms with Crippen LogP contribution in [-0.2, 0) is 9.84 Å². The van der Waals surface area contributed by atoms with E-state index in [0.717, 1.165) is 0 Å². The van der Waals surface area contributed by atoms with Gasteiger partial charge in [0, 0.05) is 13.1 Å². The lowest BCUT2D eigenvalue weighted by Crippen LogP contribution is -2.32. The summed E-state index contributed by atoms with van der Waals surface area (Å²) in [5.41, 5.74) is 5.55. The van der Waals surface area contributed by atoms with Gasteiger partial charge in [-0.1, -0.05) is 0 Å². The molecular weight excluding hydrogens is 176 g/mol. The topological polar surface area (TPSA) is 58.2 Å². The first-order valence-electron chi connectivity index (χ1n) is 2.87. The highest BCUT2D eigenvalue weighted by molar-refractivity contribution is 7.91. The maximum absolute atomic E-state index is 10.8. The van der Waals surface area contributed by atoms with Crippen LogP contribution in [0.3, 0.4) is 0 Å². The van der Waals surface area contributed by atoms with E-state index < -0.39 is 9.84 Å². The molecule has 62 valence electrons. The largest absolute Gasteiger partial charge is 0.257 e. The second-order valence-electron chi connectivity index (χ2n) is 2.01. The molecule has 2 N–H and O–H groups in total. The monoisotopic (exact) mass is 186 g/mol. The summed E-state index contributed by atoms with van der Waals surface area (Å²) >= 11 is 0. The molecule has 0 bridgehead atoms. The fraction of sp³-hybridized carbons (Fsp3) is 1.00. The summed E-state index contributed by atoms with van der Waals surface area (Å²) in [5, 5.41) is 0. The summed E-state index contributed by atoms with van der Waals surface area (Å²) in [4.78, 5) is 0. The first kappa shape index (κ1) is 10.2. The van der Waals surface area contributed by atoms with Gasteiger partial charge in [-0.3, -0.25) is 10.9 Å². The van der Waals surface area contributed by atoms with E-state index >= 15 is 0 Å². The Bertz CT molecular complexity index is 166. The molecule has 0 aromatic rings. The Labute approximate surface area is 66.7 Å². The number of nitrogens with one attached hydrogen (secondary N) is 2. The summed E-state index contributed by atoms with van der Waals surface area (Å²) in [6, 6.07) is 0. The lowest BCUT2D eigenvalue weighted by atomic mass is 10.8. The molecular formula is C4H11ClN2O2S. The molecule has 0 radical (unpaired) electrons. The molecule has 1 rings (SSSR count). The van der Waals surface area contributed by atoms with Crippen molar-refractivity contribution >= 4 is 22.2 Å². The summed E-state index contributed by atoms with van der Waals surface area (Å²) in [6.07, 6.45) is 0. The van der Waals surface area contributed by atoms with Crippen molar-refractivity contribution in [1.29, 1.82) is 0 Å². The number of hydrogen-bond acceptors (Lipinski definition) is 4. The van der Waals surface area contributed by atoms with Gasteiger partial charge in [0.2, 0.25) is 0 Å². The third-order valence-corrected chi connectivity index (χ3v) is 2.85. The van der Waals surface area contributed by atoms with Crippen LogP contribution >= 0.6 is 12.4 Å². The molecule has 0 aromatic heterocycles. The lowest BCUT2D eigenvalue weighted by molar-refractivity contribution is 0.587. The van der Waals surface area contributed by atoms with Gasteiger partial charge in [0.05, 0.1) is 11.5 Å². The Hall–Kier alpha value is 0.160. The molecule has 1 aliphatic heterocycles. The Morgan fingerprint density at radius 1 is 1.00 bits per heavy atom. The van der Waals surface area contributed by atoms with E-state index in [4.69, 9.17) is 0 Å². The second kappa shape index (κ2) is 4.12.